The number of carbonyl (C=O) groups is 1. The first-order valence-electron chi connectivity index (χ1n) is 5.34. The number of nitrogens with one attached hydrogen (secondary N) is 1. The molecule has 0 saturated heterocycles. The van der Waals surface area contributed by atoms with Crippen LogP contribution in [0.5, 0.6) is 0 Å². The lowest BCUT2D eigenvalue weighted by molar-refractivity contribution is -0.121. The van der Waals surface area contributed by atoms with E-state index in [9.17, 15) is 9.90 Å². The summed E-state index contributed by atoms with van der Waals surface area (Å²) < 4.78 is 0. The molecular formula is C12H18N2O2. The number of primary amides is 1. The van der Waals surface area contributed by atoms with Crippen LogP contribution in [0, 0.1) is 5.92 Å². The first-order chi connectivity index (χ1) is 7.61. The molecule has 2 atom stereocenters. The lowest BCUT2D eigenvalue weighted by Crippen LogP contribution is -2.33. The lowest BCUT2D eigenvalue weighted by atomic mass is 10.1. The van der Waals surface area contributed by atoms with E-state index in [2.05, 4.69) is 5.32 Å². The summed E-state index contributed by atoms with van der Waals surface area (Å²) in [4.78, 5) is 10.8. The van der Waals surface area contributed by atoms with Crippen LogP contribution in [0.15, 0.2) is 30.3 Å². The highest BCUT2D eigenvalue weighted by Gasteiger charge is 2.10. The van der Waals surface area contributed by atoms with Gasteiger partial charge in [-0.15, -0.1) is 0 Å². The highest BCUT2D eigenvalue weighted by Crippen LogP contribution is 2.10. The van der Waals surface area contributed by atoms with Gasteiger partial charge in [0.2, 0.25) is 5.91 Å². The minimum absolute atomic E-state index is 0.219. The first kappa shape index (κ1) is 12.7. The summed E-state index contributed by atoms with van der Waals surface area (Å²) in [5.74, 6) is -0.551. The molecule has 0 fully saturated rings. The van der Waals surface area contributed by atoms with Gasteiger partial charge in [0.15, 0.2) is 0 Å². The van der Waals surface area contributed by atoms with Crippen LogP contribution >= 0.6 is 0 Å². The largest absolute Gasteiger partial charge is 0.387 e. The van der Waals surface area contributed by atoms with Crippen molar-refractivity contribution in [3.8, 4) is 0 Å². The maximum absolute atomic E-state index is 10.8. The maximum Gasteiger partial charge on any atom is 0.221 e. The van der Waals surface area contributed by atoms with Crippen molar-refractivity contribution in [3.63, 3.8) is 0 Å². The van der Waals surface area contributed by atoms with Gasteiger partial charge in [-0.25, -0.2) is 0 Å². The van der Waals surface area contributed by atoms with Crippen LogP contribution in [-0.4, -0.2) is 24.1 Å². The second kappa shape index (κ2) is 6.25. The molecule has 0 aliphatic carbocycles. The van der Waals surface area contributed by atoms with Gasteiger partial charge in [0.25, 0.3) is 0 Å². The van der Waals surface area contributed by atoms with Crippen molar-refractivity contribution < 1.29 is 9.90 Å². The standard InChI is InChI=1S/C12H18N2O2/c1-9(12(13)16)7-14-8-11(15)10-5-3-2-4-6-10/h2-6,9,11,14-15H,7-8H2,1H3,(H2,13,16). The monoisotopic (exact) mass is 222 g/mol. The predicted octanol–water partition coefficient (Wildman–Crippen LogP) is 0.431. The molecule has 1 rings (SSSR count). The predicted molar refractivity (Wildman–Crippen MR) is 62.6 cm³/mol. The number of carbonyl (C=O) groups excluding carboxylic acids is 1. The van der Waals surface area contributed by atoms with E-state index < -0.39 is 6.10 Å². The van der Waals surface area contributed by atoms with Gasteiger partial charge in [0, 0.05) is 19.0 Å². The second-order valence-corrected chi connectivity index (χ2v) is 3.89. The van der Waals surface area contributed by atoms with E-state index in [1.165, 1.54) is 0 Å². The Morgan fingerprint density at radius 3 is 2.56 bits per heavy atom. The van der Waals surface area contributed by atoms with Gasteiger partial charge >= 0.3 is 0 Å². The Morgan fingerprint density at radius 1 is 1.38 bits per heavy atom. The zero-order valence-electron chi connectivity index (χ0n) is 9.39. The summed E-state index contributed by atoms with van der Waals surface area (Å²) in [6, 6.07) is 9.39. The summed E-state index contributed by atoms with van der Waals surface area (Å²) in [7, 11) is 0. The van der Waals surface area contributed by atoms with Crippen molar-refractivity contribution in [1.82, 2.24) is 5.32 Å². The molecule has 0 radical (unpaired) electrons. The van der Waals surface area contributed by atoms with E-state index in [1.807, 2.05) is 30.3 Å². The molecule has 1 amide bonds. The maximum atomic E-state index is 10.8. The summed E-state index contributed by atoms with van der Waals surface area (Å²) >= 11 is 0. The molecule has 1 aromatic rings. The molecule has 4 heteroatoms. The smallest absolute Gasteiger partial charge is 0.221 e. The zero-order chi connectivity index (χ0) is 12.0. The number of aliphatic hydroxyl groups excluding tert-OH is 1. The molecule has 2 unspecified atom stereocenters. The molecule has 0 bridgehead atoms. The second-order valence-electron chi connectivity index (χ2n) is 3.89. The number of rotatable bonds is 6. The molecule has 0 saturated carbocycles. The van der Waals surface area contributed by atoms with E-state index in [-0.39, 0.29) is 11.8 Å². The zero-order valence-corrected chi connectivity index (χ0v) is 9.39. The van der Waals surface area contributed by atoms with Gasteiger partial charge in [-0.2, -0.15) is 0 Å². The van der Waals surface area contributed by atoms with Gasteiger partial charge in [-0.3, -0.25) is 4.79 Å². The Kier molecular flexibility index (Phi) is 4.95. The topological polar surface area (TPSA) is 75.3 Å². The summed E-state index contributed by atoms with van der Waals surface area (Å²) in [5, 5.41) is 12.8. The highest BCUT2D eigenvalue weighted by molar-refractivity contribution is 5.76. The number of aliphatic hydroxyl groups is 1. The van der Waals surface area contributed by atoms with E-state index in [4.69, 9.17) is 5.73 Å². The summed E-state index contributed by atoms with van der Waals surface area (Å²) in [6.45, 7) is 2.66. The minimum Gasteiger partial charge on any atom is -0.387 e. The Balaban J connectivity index is 2.31. The molecule has 0 aliphatic rings. The fourth-order valence-corrected chi connectivity index (χ4v) is 1.33. The van der Waals surface area contributed by atoms with Crippen molar-refractivity contribution >= 4 is 5.91 Å². The molecule has 0 spiro atoms. The van der Waals surface area contributed by atoms with Crippen LogP contribution in [0.2, 0.25) is 0 Å². The quantitative estimate of drug-likeness (QED) is 0.653. The van der Waals surface area contributed by atoms with Crippen LogP contribution in [0.4, 0.5) is 0 Å². The van der Waals surface area contributed by atoms with Crippen molar-refractivity contribution in [1.29, 1.82) is 0 Å². The van der Waals surface area contributed by atoms with E-state index in [0.29, 0.717) is 13.1 Å². The number of nitrogens with two attached hydrogens (primary N) is 1. The summed E-state index contributed by atoms with van der Waals surface area (Å²) in [5.41, 5.74) is 5.99. The number of hydrogen-bond donors (Lipinski definition) is 3. The van der Waals surface area contributed by atoms with E-state index >= 15 is 0 Å². The molecule has 16 heavy (non-hydrogen) atoms. The number of hydrogen-bond acceptors (Lipinski definition) is 3. The Bertz CT molecular complexity index is 327. The molecular weight excluding hydrogens is 204 g/mol. The third-order valence-electron chi connectivity index (χ3n) is 2.46. The minimum atomic E-state index is -0.554. The van der Waals surface area contributed by atoms with Crippen molar-refractivity contribution in [2.45, 2.75) is 13.0 Å². The highest BCUT2D eigenvalue weighted by atomic mass is 16.3. The third-order valence-corrected chi connectivity index (χ3v) is 2.46. The lowest BCUT2D eigenvalue weighted by Gasteiger charge is -2.13. The Morgan fingerprint density at radius 2 is 2.00 bits per heavy atom. The fourth-order valence-electron chi connectivity index (χ4n) is 1.33. The molecule has 1 aromatic carbocycles. The van der Waals surface area contributed by atoms with Crippen LogP contribution in [0.3, 0.4) is 0 Å². The van der Waals surface area contributed by atoms with Crippen molar-refractivity contribution in [3.05, 3.63) is 35.9 Å². The van der Waals surface area contributed by atoms with Gasteiger partial charge in [0.05, 0.1) is 6.10 Å². The first-order valence-corrected chi connectivity index (χ1v) is 5.34. The van der Waals surface area contributed by atoms with E-state index in [0.717, 1.165) is 5.56 Å². The SMILES string of the molecule is CC(CNCC(O)c1ccccc1)C(N)=O. The molecule has 4 nitrogen and oxygen atoms in total. The normalized spacial score (nSPS) is 14.4. The van der Waals surface area contributed by atoms with Gasteiger partial charge in [-0.05, 0) is 5.56 Å². The number of benzene rings is 1. The van der Waals surface area contributed by atoms with Crippen molar-refractivity contribution in [2.75, 3.05) is 13.1 Å². The molecule has 88 valence electrons. The van der Waals surface area contributed by atoms with E-state index in [1.54, 1.807) is 6.92 Å². The van der Waals surface area contributed by atoms with Crippen LogP contribution in [0.1, 0.15) is 18.6 Å². The van der Waals surface area contributed by atoms with Gasteiger partial charge < -0.3 is 16.2 Å². The van der Waals surface area contributed by atoms with Crippen LogP contribution < -0.4 is 11.1 Å². The van der Waals surface area contributed by atoms with Crippen molar-refractivity contribution in [2.24, 2.45) is 11.7 Å². The Hall–Kier alpha value is -1.39. The Labute approximate surface area is 95.5 Å². The number of amides is 1. The van der Waals surface area contributed by atoms with Crippen LogP contribution in [0.25, 0.3) is 0 Å². The fraction of sp³-hybridized carbons (Fsp3) is 0.417. The molecule has 4 N–H and O–H groups in total. The summed E-state index contributed by atoms with van der Waals surface area (Å²) in [6.07, 6.45) is -0.554. The average Bonchev–Trinajstić information content (AvgIpc) is 2.29. The average molecular weight is 222 g/mol. The molecule has 0 aliphatic heterocycles. The van der Waals surface area contributed by atoms with Gasteiger partial charge in [-0.1, -0.05) is 37.3 Å². The van der Waals surface area contributed by atoms with Crippen LogP contribution in [-0.2, 0) is 4.79 Å². The van der Waals surface area contributed by atoms with Gasteiger partial charge in [0.1, 0.15) is 0 Å². The third kappa shape index (κ3) is 4.00. The molecule has 0 aromatic heterocycles. The molecule has 0 heterocycles.